The van der Waals surface area contributed by atoms with E-state index in [1.54, 1.807) is 0 Å². The Hall–Kier alpha value is -2.69. The van der Waals surface area contributed by atoms with Gasteiger partial charge in [0.2, 0.25) is 17.7 Å². The number of nitrogens with two attached hydrogens (primary N) is 1. The van der Waals surface area contributed by atoms with Gasteiger partial charge >= 0.3 is 11.9 Å². The molecular weight excluding hydrogens is 336 g/mol. The van der Waals surface area contributed by atoms with Gasteiger partial charge in [0.05, 0.1) is 6.04 Å². The molecule has 0 aromatic carbocycles. The van der Waals surface area contributed by atoms with E-state index in [-0.39, 0.29) is 6.42 Å². The maximum atomic E-state index is 12.1. The Bertz CT molecular complexity index is 535. The zero-order valence-corrected chi connectivity index (χ0v) is 14.2. The quantitative estimate of drug-likeness (QED) is 0.252. The Labute approximate surface area is 144 Å². The van der Waals surface area contributed by atoms with E-state index in [0.717, 1.165) is 0 Å². The second-order valence-corrected chi connectivity index (χ2v) is 5.58. The van der Waals surface area contributed by atoms with Gasteiger partial charge in [0.1, 0.15) is 18.1 Å². The molecule has 142 valence electrons. The lowest BCUT2D eigenvalue weighted by Gasteiger charge is -2.22. The maximum Gasteiger partial charge on any atom is 0.325 e. The highest BCUT2D eigenvalue weighted by atomic mass is 16.4. The molecule has 0 saturated carbocycles. The van der Waals surface area contributed by atoms with Crippen molar-refractivity contribution in [3.63, 3.8) is 0 Å². The van der Waals surface area contributed by atoms with Crippen LogP contribution in [-0.4, -0.2) is 64.0 Å². The van der Waals surface area contributed by atoms with Gasteiger partial charge in [-0.3, -0.25) is 24.0 Å². The largest absolute Gasteiger partial charge is 0.481 e. The molecule has 0 aliphatic rings. The smallest absolute Gasteiger partial charge is 0.325 e. The molecule has 11 nitrogen and oxygen atoms in total. The van der Waals surface area contributed by atoms with Crippen LogP contribution >= 0.6 is 0 Å². The summed E-state index contributed by atoms with van der Waals surface area (Å²) >= 11 is 0. The molecule has 0 aromatic rings. The van der Waals surface area contributed by atoms with Gasteiger partial charge < -0.3 is 31.9 Å². The minimum Gasteiger partial charge on any atom is -0.481 e. The van der Waals surface area contributed by atoms with Crippen LogP contribution in [0.15, 0.2) is 0 Å². The van der Waals surface area contributed by atoms with Gasteiger partial charge in [0, 0.05) is 6.42 Å². The van der Waals surface area contributed by atoms with Gasteiger partial charge in [-0.25, -0.2) is 0 Å². The second-order valence-electron chi connectivity index (χ2n) is 5.58. The lowest BCUT2D eigenvalue weighted by atomic mass is 10.1. The van der Waals surface area contributed by atoms with Crippen LogP contribution in [0.1, 0.15) is 33.6 Å². The van der Waals surface area contributed by atoms with E-state index in [1.165, 1.54) is 20.8 Å². The number of hydrogen-bond donors (Lipinski definition) is 6. The molecule has 0 rings (SSSR count). The van der Waals surface area contributed by atoms with Crippen LogP contribution < -0.4 is 21.7 Å². The summed E-state index contributed by atoms with van der Waals surface area (Å²) in [6, 6.07) is -4.33. The van der Waals surface area contributed by atoms with E-state index >= 15 is 0 Å². The molecule has 11 heteroatoms. The first kappa shape index (κ1) is 22.3. The molecule has 0 aromatic heterocycles. The van der Waals surface area contributed by atoms with Crippen LogP contribution in [0.3, 0.4) is 0 Å². The Morgan fingerprint density at radius 2 is 1.36 bits per heavy atom. The molecule has 0 aliphatic heterocycles. The molecular formula is C14H24N4O7. The normalized spacial score (nSPS) is 15.2. The third kappa shape index (κ3) is 8.65. The van der Waals surface area contributed by atoms with E-state index in [0.29, 0.717) is 0 Å². The first-order valence-corrected chi connectivity index (χ1v) is 7.57. The molecule has 0 bridgehead atoms. The summed E-state index contributed by atoms with van der Waals surface area (Å²) in [5, 5.41) is 24.3. The molecule has 25 heavy (non-hydrogen) atoms. The fourth-order valence-corrected chi connectivity index (χ4v) is 1.62. The van der Waals surface area contributed by atoms with Gasteiger partial charge in [0.15, 0.2) is 0 Å². The minimum atomic E-state index is -1.28. The number of hydrogen-bond acceptors (Lipinski definition) is 6. The highest BCUT2D eigenvalue weighted by Gasteiger charge is 2.27. The van der Waals surface area contributed by atoms with Crippen molar-refractivity contribution in [2.45, 2.75) is 57.8 Å². The summed E-state index contributed by atoms with van der Waals surface area (Å²) in [4.78, 5) is 57.1. The molecule has 0 spiro atoms. The van der Waals surface area contributed by atoms with Crippen molar-refractivity contribution in [3.05, 3.63) is 0 Å². The fraction of sp³-hybridized carbons (Fsp3) is 0.643. The average Bonchev–Trinajstić information content (AvgIpc) is 2.50. The van der Waals surface area contributed by atoms with Crippen molar-refractivity contribution in [1.82, 2.24) is 16.0 Å². The van der Waals surface area contributed by atoms with Gasteiger partial charge in [-0.15, -0.1) is 0 Å². The number of nitrogens with one attached hydrogen (secondary N) is 3. The van der Waals surface area contributed by atoms with E-state index in [2.05, 4.69) is 16.0 Å². The van der Waals surface area contributed by atoms with Crippen molar-refractivity contribution < 1.29 is 34.2 Å². The number of amides is 3. The SMILES string of the molecule is C[C@H](N)C(=O)N[C@@H](C)C(=O)N[C@@H](CCC(=O)O)C(=O)N[C@@H](C)C(=O)O. The molecule has 0 fully saturated rings. The van der Waals surface area contributed by atoms with Gasteiger partial charge in [0.25, 0.3) is 0 Å². The second kappa shape index (κ2) is 10.2. The fourth-order valence-electron chi connectivity index (χ4n) is 1.62. The predicted octanol–water partition coefficient (Wildman–Crippen LogP) is -2.22. The molecule has 0 unspecified atom stereocenters. The van der Waals surface area contributed by atoms with E-state index in [1.807, 2.05) is 0 Å². The Balaban J connectivity index is 4.94. The highest BCUT2D eigenvalue weighted by molar-refractivity contribution is 5.93. The Kier molecular flexibility index (Phi) is 9.13. The topological polar surface area (TPSA) is 188 Å². The van der Waals surface area contributed by atoms with Crippen molar-refractivity contribution in [1.29, 1.82) is 0 Å². The average molecular weight is 360 g/mol. The minimum absolute atomic E-state index is 0.243. The van der Waals surface area contributed by atoms with Crippen LogP contribution in [-0.2, 0) is 24.0 Å². The molecule has 0 heterocycles. The lowest BCUT2D eigenvalue weighted by Crippen LogP contribution is -2.55. The first-order chi connectivity index (χ1) is 11.5. The van der Waals surface area contributed by atoms with Gasteiger partial charge in [-0.05, 0) is 27.2 Å². The molecule has 3 amide bonds. The van der Waals surface area contributed by atoms with E-state index < -0.39 is 60.2 Å². The van der Waals surface area contributed by atoms with Crippen molar-refractivity contribution in [2.75, 3.05) is 0 Å². The van der Waals surface area contributed by atoms with Gasteiger partial charge in [-0.2, -0.15) is 0 Å². The molecule has 7 N–H and O–H groups in total. The summed E-state index contributed by atoms with van der Waals surface area (Å²) < 4.78 is 0. The van der Waals surface area contributed by atoms with Crippen molar-refractivity contribution >= 4 is 29.7 Å². The summed E-state index contributed by atoms with van der Waals surface area (Å²) in [5.41, 5.74) is 5.37. The first-order valence-electron chi connectivity index (χ1n) is 7.57. The monoisotopic (exact) mass is 360 g/mol. The summed E-state index contributed by atoms with van der Waals surface area (Å²) in [5.74, 6) is -4.61. The van der Waals surface area contributed by atoms with Gasteiger partial charge in [-0.1, -0.05) is 0 Å². The van der Waals surface area contributed by atoms with Crippen LogP contribution in [0.25, 0.3) is 0 Å². The lowest BCUT2D eigenvalue weighted by molar-refractivity contribution is -0.142. The van der Waals surface area contributed by atoms with Crippen LogP contribution in [0, 0.1) is 0 Å². The third-order valence-corrected chi connectivity index (χ3v) is 3.17. The van der Waals surface area contributed by atoms with Crippen LogP contribution in [0.2, 0.25) is 0 Å². The summed E-state index contributed by atoms with van der Waals surface area (Å²) in [7, 11) is 0. The number of carboxylic acids is 2. The highest BCUT2D eigenvalue weighted by Crippen LogP contribution is 2.01. The van der Waals surface area contributed by atoms with Crippen molar-refractivity contribution in [2.24, 2.45) is 5.73 Å². The zero-order valence-electron chi connectivity index (χ0n) is 14.2. The third-order valence-electron chi connectivity index (χ3n) is 3.17. The van der Waals surface area contributed by atoms with Crippen molar-refractivity contribution in [3.8, 4) is 0 Å². The maximum absolute atomic E-state index is 12.1. The Morgan fingerprint density at radius 3 is 1.80 bits per heavy atom. The number of rotatable bonds is 10. The zero-order chi connectivity index (χ0) is 19.7. The number of carbonyl (C=O) groups is 5. The summed E-state index contributed by atoms with van der Waals surface area (Å²) in [6.07, 6.45) is -0.659. The standard InChI is InChI=1S/C14H24N4O7/c1-6(15)11(21)16-7(2)12(22)18-9(4-5-10(19)20)13(23)17-8(3)14(24)25/h6-9H,4-5,15H2,1-3H3,(H,16,21)(H,17,23)(H,18,22)(H,19,20)(H,24,25)/t6-,7-,8-,9-/m0/s1. The van der Waals surface area contributed by atoms with E-state index in [4.69, 9.17) is 15.9 Å². The van der Waals surface area contributed by atoms with E-state index in [9.17, 15) is 24.0 Å². The molecule has 0 aliphatic carbocycles. The van der Waals surface area contributed by atoms with Crippen LogP contribution in [0.4, 0.5) is 0 Å². The number of carbonyl (C=O) groups excluding carboxylic acids is 3. The number of carboxylic acid groups (broad SMARTS) is 2. The summed E-state index contributed by atoms with van der Waals surface area (Å²) in [6.45, 7) is 4.01. The van der Waals surface area contributed by atoms with Crippen LogP contribution in [0.5, 0.6) is 0 Å². The Morgan fingerprint density at radius 1 is 0.840 bits per heavy atom. The number of aliphatic carboxylic acids is 2. The molecule has 4 atom stereocenters. The molecule has 0 saturated heterocycles. The molecule has 0 radical (unpaired) electrons. The predicted molar refractivity (Wildman–Crippen MR) is 85.3 cm³/mol.